The zero-order valence-corrected chi connectivity index (χ0v) is 13.2. The lowest BCUT2D eigenvalue weighted by Crippen LogP contribution is -1.87. The van der Waals surface area contributed by atoms with Gasteiger partial charge in [0.25, 0.3) is 6.47 Å². The van der Waals surface area contributed by atoms with Gasteiger partial charge >= 0.3 is 0 Å². The third kappa shape index (κ3) is 4.30. The van der Waals surface area contributed by atoms with E-state index in [0.717, 1.165) is 16.7 Å². The van der Waals surface area contributed by atoms with Gasteiger partial charge in [-0.2, -0.15) is 0 Å². The van der Waals surface area contributed by atoms with Gasteiger partial charge in [-0.25, -0.2) is 0 Å². The monoisotopic (exact) mass is 309 g/mol. The summed E-state index contributed by atoms with van der Waals surface area (Å²) in [4.78, 5) is 13.6. The molecule has 0 amide bonds. The van der Waals surface area contributed by atoms with E-state index in [9.17, 15) is 4.79 Å². The van der Waals surface area contributed by atoms with Crippen LogP contribution in [0.1, 0.15) is 6.92 Å². The minimum absolute atomic E-state index is 0.431. The largest absolute Gasteiger partial charge is 0.497 e. The predicted octanol–water partition coefficient (Wildman–Crippen LogP) is 4.09. The van der Waals surface area contributed by atoms with Crippen LogP contribution in [0.15, 0.2) is 60.8 Å². The van der Waals surface area contributed by atoms with Crippen molar-refractivity contribution in [3.63, 3.8) is 0 Å². The first kappa shape index (κ1) is 16.5. The number of methoxy groups -OCH3 is 1. The number of benzene rings is 2. The fraction of sp³-hybridized carbons (Fsp3) is 0.158. The van der Waals surface area contributed by atoms with Crippen LogP contribution in [0, 0.1) is 0 Å². The summed E-state index contributed by atoms with van der Waals surface area (Å²) in [6, 6.07) is 18.3. The zero-order chi connectivity index (χ0) is 16.5. The van der Waals surface area contributed by atoms with Crippen LogP contribution in [-0.2, 0) is 9.53 Å². The lowest BCUT2D eigenvalue weighted by atomic mass is 10.0. The standard InChI is InChI=1S/C16H13NO.C3H6O2/c1-18-13-7-8-16-15(11-13)14(9-10-17-16)12-5-3-2-4-6-12;1-2-5-3-4/h2-11H,1H3;3H,2H2,1H3. The van der Waals surface area contributed by atoms with Crippen LogP contribution >= 0.6 is 0 Å². The molecular formula is C19H19NO3. The van der Waals surface area contributed by atoms with Gasteiger partial charge in [-0.1, -0.05) is 30.3 Å². The molecule has 2 aromatic carbocycles. The van der Waals surface area contributed by atoms with Gasteiger partial charge in [-0.3, -0.25) is 9.78 Å². The van der Waals surface area contributed by atoms with Crippen molar-refractivity contribution >= 4 is 17.4 Å². The van der Waals surface area contributed by atoms with Crippen molar-refractivity contribution in [2.24, 2.45) is 0 Å². The number of carbonyl (C=O) groups excluding carboxylic acids is 1. The molecule has 0 aliphatic heterocycles. The van der Waals surface area contributed by atoms with E-state index in [1.807, 2.05) is 48.7 Å². The molecule has 0 spiro atoms. The molecule has 0 aliphatic carbocycles. The Labute approximate surface area is 135 Å². The van der Waals surface area contributed by atoms with Gasteiger partial charge in [0.2, 0.25) is 0 Å². The first-order chi connectivity index (χ1) is 11.3. The third-order valence-corrected chi connectivity index (χ3v) is 3.27. The summed E-state index contributed by atoms with van der Waals surface area (Å²) in [5.74, 6) is 0.854. The van der Waals surface area contributed by atoms with Crippen LogP contribution in [0.2, 0.25) is 0 Å². The van der Waals surface area contributed by atoms with E-state index in [0.29, 0.717) is 13.1 Å². The van der Waals surface area contributed by atoms with Crippen LogP contribution in [0.5, 0.6) is 5.75 Å². The number of fused-ring (bicyclic) bond motifs is 1. The van der Waals surface area contributed by atoms with Crippen molar-refractivity contribution in [3.8, 4) is 16.9 Å². The smallest absolute Gasteiger partial charge is 0.293 e. The Kier molecular flexibility index (Phi) is 6.12. The first-order valence-corrected chi connectivity index (χ1v) is 7.33. The molecule has 1 aromatic heterocycles. The average Bonchev–Trinajstić information content (AvgIpc) is 2.62. The number of nitrogens with zero attached hydrogens (tertiary/aromatic N) is 1. The number of hydrogen-bond donors (Lipinski definition) is 0. The van der Waals surface area contributed by atoms with E-state index in [1.54, 1.807) is 14.0 Å². The maximum atomic E-state index is 9.18. The van der Waals surface area contributed by atoms with Crippen molar-refractivity contribution in [2.45, 2.75) is 6.92 Å². The molecule has 0 saturated carbocycles. The van der Waals surface area contributed by atoms with Crippen LogP contribution in [0.3, 0.4) is 0 Å². The van der Waals surface area contributed by atoms with Gasteiger partial charge in [0.05, 0.1) is 19.2 Å². The maximum Gasteiger partial charge on any atom is 0.293 e. The van der Waals surface area contributed by atoms with E-state index >= 15 is 0 Å². The molecule has 3 rings (SSSR count). The van der Waals surface area contributed by atoms with Gasteiger partial charge in [0, 0.05) is 11.6 Å². The van der Waals surface area contributed by atoms with Crippen molar-refractivity contribution < 1.29 is 14.3 Å². The molecule has 0 radical (unpaired) electrons. The van der Waals surface area contributed by atoms with E-state index in [4.69, 9.17) is 4.74 Å². The number of hydrogen-bond acceptors (Lipinski definition) is 4. The van der Waals surface area contributed by atoms with Gasteiger partial charge in [0.15, 0.2) is 0 Å². The second kappa shape index (κ2) is 8.54. The number of ether oxygens (including phenoxy) is 2. The molecule has 0 unspecified atom stereocenters. The minimum atomic E-state index is 0.431. The highest BCUT2D eigenvalue weighted by Crippen LogP contribution is 2.29. The summed E-state index contributed by atoms with van der Waals surface area (Å²) in [7, 11) is 1.68. The van der Waals surface area contributed by atoms with Gasteiger partial charge in [-0.05, 0) is 42.3 Å². The fourth-order valence-electron chi connectivity index (χ4n) is 2.19. The molecule has 0 saturated heterocycles. The predicted molar refractivity (Wildman–Crippen MR) is 91.4 cm³/mol. The summed E-state index contributed by atoms with van der Waals surface area (Å²) >= 11 is 0. The highest BCUT2D eigenvalue weighted by molar-refractivity contribution is 5.95. The Morgan fingerprint density at radius 2 is 1.87 bits per heavy atom. The number of pyridine rings is 1. The molecule has 0 fully saturated rings. The lowest BCUT2D eigenvalue weighted by molar-refractivity contribution is -0.128. The van der Waals surface area contributed by atoms with Crippen molar-refractivity contribution in [1.29, 1.82) is 0 Å². The highest BCUT2D eigenvalue weighted by Gasteiger charge is 2.05. The van der Waals surface area contributed by atoms with Gasteiger partial charge in [0.1, 0.15) is 5.75 Å². The third-order valence-electron chi connectivity index (χ3n) is 3.27. The fourth-order valence-corrected chi connectivity index (χ4v) is 2.19. The topological polar surface area (TPSA) is 48.4 Å². The lowest BCUT2D eigenvalue weighted by Gasteiger charge is -2.07. The summed E-state index contributed by atoms with van der Waals surface area (Å²) in [6.45, 7) is 2.66. The Bertz CT molecular complexity index is 757. The summed E-state index contributed by atoms with van der Waals surface area (Å²) in [6.07, 6.45) is 1.84. The second-order valence-electron chi connectivity index (χ2n) is 4.66. The minimum Gasteiger partial charge on any atom is -0.497 e. The SMILES string of the molecule is CCOC=O.COc1ccc2nccc(-c3ccccc3)c2c1. The molecular weight excluding hydrogens is 290 g/mol. The molecule has 0 bridgehead atoms. The Balaban J connectivity index is 0.000000338. The molecule has 3 aromatic rings. The molecule has 23 heavy (non-hydrogen) atoms. The number of carbonyl (C=O) groups is 1. The molecule has 4 heteroatoms. The average molecular weight is 309 g/mol. The van der Waals surface area contributed by atoms with Gasteiger partial charge in [-0.15, -0.1) is 0 Å². The van der Waals surface area contributed by atoms with E-state index < -0.39 is 0 Å². The van der Waals surface area contributed by atoms with Crippen LogP contribution in [0.25, 0.3) is 22.0 Å². The second-order valence-corrected chi connectivity index (χ2v) is 4.66. The molecule has 118 valence electrons. The summed E-state index contributed by atoms with van der Waals surface area (Å²) in [5, 5.41) is 1.11. The molecule has 0 aliphatic rings. The Morgan fingerprint density at radius 3 is 2.48 bits per heavy atom. The van der Waals surface area contributed by atoms with E-state index in [1.165, 1.54) is 11.1 Å². The van der Waals surface area contributed by atoms with Crippen molar-refractivity contribution in [1.82, 2.24) is 4.98 Å². The molecule has 1 heterocycles. The highest BCUT2D eigenvalue weighted by atomic mass is 16.5. The normalized spacial score (nSPS) is 9.65. The maximum absolute atomic E-state index is 9.18. The Hall–Kier alpha value is -2.88. The van der Waals surface area contributed by atoms with E-state index in [2.05, 4.69) is 21.9 Å². The molecule has 0 atom stereocenters. The van der Waals surface area contributed by atoms with Crippen molar-refractivity contribution in [2.75, 3.05) is 13.7 Å². The van der Waals surface area contributed by atoms with Gasteiger partial charge < -0.3 is 9.47 Å². The van der Waals surface area contributed by atoms with Crippen LogP contribution in [0.4, 0.5) is 0 Å². The van der Waals surface area contributed by atoms with Crippen molar-refractivity contribution in [3.05, 3.63) is 60.8 Å². The quantitative estimate of drug-likeness (QED) is 0.681. The molecule has 4 nitrogen and oxygen atoms in total. The Morgan fingerprint density at radius 1 is 1.09 bits per heavy atom. The zero-order valence-electron chi connectivity index (χ0n) is 13.2. The number of aromatic nitrogens is 1. The van der Waals surface area contributed by atoms with E-state index in [-0.39, 0.29) is 0 Å². The van der Waals surface area contributed by atoms with Crippen LogP contribution in [-0.4, -0.2) is 25.2 Å². The first-order valence-electron chi connectivity index (χ1n) is 7.33. The summed E-state index contributed by atoms with van der Waals surface area (Å²) in [5.41, 5.74) is 3.36. The molecule has 0 N–H and O–H groups in total. The van der Waals surface area contributed by atoms with Crippen LogP contribution < -0.4 is 4.74 Å². The summed E-state index contributed by atoms with van der Waals surface area (Å²) < 4.78 is 9.44. The number of rotatable bonds is 4.